The van der Waals surface area contributed by atoms with Crippen LogP contribution in [0.4, 0.5) is 13.2 Å². The lowest BCUT2D eigenvalue weighted by molar-refractivity contribution is -0.136. The molecule has 3 heterocycles. The molecule has 1 unspecified atom stereocenters. The van der Waals surface area contributed by atoms with Gasteiger partial charge in [0, 0.05) is 23.0 Å². The molecule has 0 bridgehead atoms. The lowest BCUT2D eigenvalue weighted by Gasteiger charge is -2.11. The van der Waals surface area contributed by atoms with Crippen LogP contribution in [0.25, 0.3) is 27.6 Å². The van der Waals surface area contributed by atoms with Gasteiger partial charge in [0.05, 0.1) is 36.1 Å². The van der Waals surface area contributed by atoms with Crippen LogP contribution < -0.4 is 9.46 Å². The van der Waals surface area contributed by atoms with Crippen LogP contribution in [0, 0.1) is 5.92 Å². The van der Waals surface area contributed by atoms with Gasteiger partial charge in [0.15, 0.2) is 5.58 Å². The van der Waals surface area contributed by atoms with Crippen molar-refractivity contribution in [3.63, 3.8) is 0 Å². The third kappa shape index (κ3) is 4.83. The first-order chi connectivity index (χ1) is 15.5. The van der Waals surface area contributed by atoms with E-state index in [1.54, 1.807) is 0 Å². The fourth-order valence-electron chi connectivity index (χ4n) is 3.30. The molecule has 0 radical (unpaired) electrons. The van der Waals surface area contributed by atoms with Crippen molar-refractivity contribution in [1.82, 2.24) is 19.4 Å². The highest BCUT2D eigenvalue weighted by Gasteiger charge is 2.35. The van der Waals surface area contributed by atoms with Crippen LogP contribution in [0.2, 0.25) is 5.02 Å². The van der Waals surface area contributed by atoms with Crippen LogP contribution in [0.1, 0.15) is 25.1 Å². The average molecular weight is 503 g/mol. The first kappa shape index (κ1) is 23.5. The zero-order valence-corrected chi connectivity index (χ0v) is 18.9. The van der Waals surface area contributed by atoms with Gasteiger partial charge >= 0.3 is 6.18 Å². The minimum Gasteiger partial charge on any atom is -0.476 e. The number of alkyl halides is 3. The molecule has 4 rings (SSSR count). The second-order valence-corrected chi connectivity index (χ2v) is 8.86. The maximum Gasteiger partial charge on any atom is 0.418 e. The predicted octanol–water partition coefficient (Wildman–Crippen LogP) is 5.10. The molecule has 0 saturated carbocycles. The number of ether oxygens (including phenoxy) is 1. The Morgan fingerprint density at radius 3 is 2.70 bits per heavy atom. The van der Waals surface area contributed by atoms with E-state index in [9.17, 15) is 17.4 Å². The first-order valence-electron chi connectivity index (χ1n) is 9.68. The monoisotopic (exact) mass is 502 g/mol. The lowest BCUT2D eigenvalue weighted by atomic mass is 10.1. The van der Waals surface area contributed by atoms with Crippen molar-refractivity contribution in [3.05, 3.63) is 46.9 Å². The van der Waals surface area contributed by atoms with E-state index in [1.165, 1.54) is 29.0 Å². The summed E-state index contributed by atoms with van der Waals surface area (Å²) in [7, 11) is 0. The van der Waals surface area contributed by atoms with Gasteiger partial charge in [-0.05, 0) is 18.1 Å². The molecule has 0 aliphatic rings. The van der Waals surface area contributed by atoms with Gasteiger partial charge in [-0.3, -0.25) is 4.55 Å². The summed E-state index contributed by atoms with van der Waals surface area (Å²) in [6.45, 7) is 4.14. The Bertz CT molecular complexity index is 1350. The molecule has 3 aromatic heterocycles. The number of hydrogen-bond acceptors (Lipinski definition) is 5. The van der Waals surface area contributed by atoms with E-state index >= 15 is 0 Å². The molecule has 0 amide bonds. The second kappa shape index (κ2) is 8.93. The quantitative estimate of drug-likeness (QED) is 0.341. The van der Waals surface area contributed by atoms with Gasteiger partial charge in [-0.1, -0.05) is 30.6 Å². The van der Waals surface area contributed by atoms with Crippen molar-refractivity contribution in [3.8, 4) is 11.6 Å². The normalized spacial score (nSPS) is 13.3. The van der Waals surface area contributed by atoms with Crippen molar-refractivity contribution in [2.24, 2.45) is 5.92 Å². The largest absolute Gasteiger partial charge is 0.476 e. The molecular weight excluding hydrogens is 485 g/mol. The minimum atomic E-state index is -4.64. The fourth-order valence-corrected chi connectivity index (χ4v) is 3.78. The van der Waals surface area contributed by atoms with E-state index < -0.39 is 23.0 Å². The number of pyridine rings is 1. The Balaban J connectivity index is 1.85. The van der Waals surface area contributed by atoms with Gasteiger partial charge in [0.25, 0.3) is 0 Å². The SMILES string of the molecule is CC(C)COc1ncc(-n2cc(C(F)(F)F)c3cc4c(CNS(=O)O)noc4cc32)cc1Cl. The van der Waals surface area contributed by atoms with E-state index in [0.29, 0.717) is 12.3 Å². The molecule has 2 N–H and O–H groups in total. The highest BCUT2D eigenvalue weighted by Crippen LogP contribution is 2.40. The molecule has 13 heteroatoms. The van der Waals surface area contributed by atoms with Crippen LogP contribution in [0.3, 0.4) is 0 Å². The number of rotatable bonds is 7. The molecule has 0 aliphatic heterocycles. The highest BCUT2D eigenvalue weighted by atomic mass is 35.5. The smallest absolute Gasteiger partial charge is 0.418 e. The minimum absolute atomic E-state index is 0.0965. The molecule has 1 aromatic carbocycles. The van der Waals surface area contributed by atoms with Crippen LogP contribution in [-0.4, -0.2) is 30.1 Å². The van der Waals surface area contributed by atoms with Gasteiger partial charge in [-0.2, -0.15) is 13.2 Å². The summed E-state index contributed by atoms with van der Waals surface area (Å²) in [5.74, 6) is 0.435. The van der Waals surface area contributed by atoms with Crippen LogP contribution in [-0.2, 0) is 24.0 Å². The summed E-state index contributed by atoms with van der Waals surface area (Å²) in [6, 6.07) is 4.19. The second-order valence-electron chi connectivity index (χ2n) is 7.66. The maximum absolute atomic E-state index is 13.8. The van der Waals surface area contributed by atoms with Crippen molar-refractivity contribution in [1.29, 1.82) is 0 Å². The topological polar surface area (TPSA) is 102 Å². The van der Waals surface area contributed by atoms with Gasteiger partial charge in [-0.15, -0.1) is 0 Å². The molecule has 1 atom stereocenters. The van der Waals surface area contributed by atoms with Crippen molar-refractivity contribution >= 4 is 44.7 Å². The number of aromatic nitrogens is 3. The van der Waals surface area contributed by atoms with Gasteiger partial charge < -0.3 is 13.8 Å². The van der Waals surface area contributed by atoms with E-state index in [1.807, 2.05) is 13.8 Å². The van der Waals surface area contributed by atoms with E-state index in [0.717, 1.165) is 6.20 Å². The molecule has 0 saturated heterocycles. The number of benzene rings is 1. The van der Waals surface area contributed by atoms with E-state index in [2.05, 4.69) is 14.9 Å². The lowest BCUT2D eigenvalue weighted by Crippen LogP contribution is -2.15. The Morgan fingerprint density at radius 1 is 1.30 bits per heavy atom. The predicted molar refractivity (Wildman–Crippen MR) is 117 cm³/mol. The van der Waals surface area contributed by atoms with Gasteiger partial charge in [-0.25, -0.2) is 13.9 Å². The maximum atomic E-state index is 13.8. The number of nitrogens with one attached hydrogen (secondary N) is 1. The van der Waals surface area contributed by atoms with Crippen molar-refractivity contribution in [2.45, 2.75) is 26.6 Å². The van der Waals surface area contributed by atoms with Crippen LogP contribution in [0.15, 0.2) is 35.1 Å². The standard InChI is InChI=1S/C20H18ClF3N4O4S/c1-10(2)9-31-19-15(21)3-11(6-25-19)28-8-14(20(22,23)24)12-4-13-16(7-26-33(29)30)27-32-18(13)5-17(12)28/h3-6,8,10,26H,7,9H2,1-2H3,(H,29,30). The van der Waals surface area contributed by atoms with E-state index in [-0.39, 0.29) is 50.9 Å². The van der Waals surface area contributed by atoms with Gasteiger partial charge in [0.2, 0.25) is 17.1 Å². The average Bonchev–Trinajstić information content (AvgIpc) is 3.30. The van der Waals surface area contributed by atoms with Crippen LogP contribution in [0.5, 0.6) is 5.88 Å². The summed E-state index contributed by atoms with van der Waals surface area (Å²) >= 11 is 3.95. The molecule has 0 spiro atoms. The summed E-state index contributed by atoms with van der Waals surface area (Å²) in [5.41, 5.74) is 0.0406. The summed E-state index contributed by atoms with van der Waals surface area (Å²) in [4.78, 5) is 4.16. The Morgan fingerprint density at radius 2 is 2.06 bits per heavy atom. The number of hydrogen-bond donors (Lipinski definition) is 2. The molecule has 8 nitrogen and oxygen atoms in total. The Kier molecular flexibility index (Phi) is 6.36. The highest BCUT2D eigenvalue weighted by molar-refractivity contribution is 7.77. The van der Waals surface area contributed by atoms with E-state index in [4.69, 9.17) is 25.4 Å². The van der Waals surface area contributed by atoms with Crippen molar-refractivity contribution < 1.29 is 31.2 Å². The summed E-state index contributed by atoms with van der Waals surface area (Å²) in [6.07, 6.45) is -2.31. The third-order valence-electron chi connectivity index (χ3n) is 4.76. The third-order valence-corrected chi connectivity index (χ3v) is 5.43. The molecule has 4 aromatic rings. The molecule has 0 fully saturated rings. The van der Waals surface area contributed by atoms with Crippen LogP contribution >= 0.6 is 11.6 Å². The molecular formula is C20H18ClF3N4O4S. The first-order valence-corrected chi connectivity index (χ1v) is 11.2. The summed E-state index contributed by atoms with van der Waals surface area (Å²) in [5, 5.41) is 4.16. The number of halogens is 4. The van der Waals surface area contributed by atoms with Crippen molar-refractivity contribution in [2.75, 3.05) is 6.61 Å². The number of nitrogens with zero attached hydrogens (tertiary/aromatic N) is 3. The molecule has 0 aliphatic carbocycles. The van der Waals surface area contributed by atoms with Gasteiger partial charge in [0.1, 0.15) is 10.7 Å². The fraction of sp³-hybridized carbons (Fsp3) is 0.300. The molecule has 33 heavy (non-hydrogen) atoms. The Hall–Kier alpha value is -2.67. The number of fused-ring (bicyclic) bond motifs is 2. The summed E-state index contributed by atoms with van der Waals surface area (Å²) < 4.78 is 75.7. The zero-order valence-electron chi connectivity index (χ0n) is 17.3. The zero-order chi connectivity index (χ0) is 23.9. The molecule has 176 valence electrons. The Labute approximate surface area is 193 Å².